The highest BCUT2D eigenvalue weighted by molar-refractivity contribution is 6.17. The second kappa shape index (κ2) is 3.85. The van der Waals surface area contributed by atoms with Gasteiger partial charge in [0.1, 0.15) is 0 Å². The van der Waals surface area contributed by atoms with Crippen LogP contribution in [-0.4, -0.2) is 0 Å². The molecule has 0 aromatic heterocycles. The zero-order valence-electron chi connectivity index (χ0n) is 7.22. The molecule has 0 aliphatic rings. The molecule has 2 heteroatoms. The Hall–Kier alpha value is -0.200. The monoisotopic (exact) mass is 176 g/mol. The van der Waals surface area contributed by atoms with Gasteiger partial charge in [-0.05, 0) is 11.1 Å². The Morgan fingerprint density at radius 1 is 1.00 bits per heavy atom. The molecular weight excluding hydrogens is 167 g/mol. The molecule has 10 heavy (non-hydrogen) atoms. The normalized spacial score (nSPS) is 19.0. The minimum absolute atomic E-state index is 0.720. The molecule has 1 aromatic carbocycles. The fourth-order valence-corrected chi connectivity index (χ4v) is 0.932. The Morgan fingerprint density at radius 2 is 1.30 bits per heavy atom. The molecule has 0 fully saturated rings. The van der Waals surface area contributed by atoms with Gasteiger partial charge in [0, 0.05) is 14.5 Å². The maximum atomic E-state index is 7.18. The van der Waals surface area contributed by atoms with Gasteiger partial charge in [0.2, 0.25) is 0 Å². The van der Waals surface area contributed by atoms with Crippen LogP contribution in [0.15, 0.2) is 24.3 Å². The molecule has 0 aliphatic heterocycles. The largest absolute Gasteiger partial charge is 0.122 e. The summed E-state index contributed by atoms with van der Waals surface area (Å²) in [6.07, 6.45) is 0. The average molecular weight is 177 g/mol. The highest BCUT2D eigenvalue weighted by Gasteiger charge is 1.90. The van der Waals surface area contributed by atoms with Crippen molar-refractivity contribution in [1.29, 1.82) is 0 Å². The quantitative estimate of drug-likeness (QED) is 0.608. The number of rotatable bonds is 2. The lowest BCUT2D eigenvalue weighted by Crippen LogP contribution is -1.79. The lowest BCUT2D eigenvalue weighted by molar-refractivity contribution is 1.33. The lowest BCUT2D eigenvalue weighted by Gasteiger charge is -1.95. The first-order valence-corrected chi connectivity index (χ1v) is 3.71. The maximum absolute atomic E-state index is 7.18. The van der Waals surface area contributed by atoms with Crippen molar-refractivity contribution >= 4 is 23.2 Å². The van der Waals surface area contributed by atoms with Gasteiger partial charge >= 0.3 is 0 Å². The van der Waals surface area contributed by atoms with E-state index in [0.717, 1.165) is 11.1 Å². The average Bonchev–Trinajstić information content (AvgIpc) is 2.04. The first-order valence-electron chi connectivity index (χ1n) is 3.99. The van der Waals surface area contributed by atoms with Crippen molar-refractivity contribution in [3.05, 3.63) is 35.4 Å². The Bertz CT molecular complexity index is 217. The van der Waals surface area contributed by atoms with E-state index in [1.807, 2.05) is 0 Å². The summed E-state index contributed by atoms with van der Waals surface area (Å²) in [4.78, 5) is 0. The molecule has 0 spiro atoms. The van der Waals surface area contributed by atoms with Crippen LogP contribution in [0.1, 0.15) is 13.9 Å². The molecule has 0 aliphatic carbocycles. The summed E-state index contributed by atoms with van der Waals surface area (Å²) in [6, 6.07) is 6.85. The molecule has 0 radical (unpaired) electrons. The lowest BCUT2D eigenvalue weighted by atomic mass is 10.2. The fraction of sp³-hybridized carbons (Fsp3) is 0.250. The molecule has 0 amide bonds. The van der Waals surface area contributed by atoms with Crippen LogP contribution in [0, 0.1) is 0 Å². The number of benzene rings is 1. The first kappa shape index (κ1) is 5.45. The van der Waals surface area contributed by atoms with E-state index in [-0.39, 0.29) is 0 Å². The fourth-order valence-electron chi connectivity index (χ4n) is 0.641. The van der Waals surface area contributed by atoms with Crippen molar-refractivity contribution in [3.63, 3.8) is 0 Å². The van der Waals surface area contributed by atoms with Crippen molar-refractivity contribution in [2.45, 2.75) is 11.7 Å². The second-order valence-corrected chi connectivity index (χ2v) is 2.32. The molecule has 2 atom stereocenters. The molecule has 0 nitrogen and oxygen atoms in total. The summed E-state index contributed by atoms with van der Waals surface area (Å²) in [6.45, 7) is 0. The number of hydrogen-bond donors (Lipinski definition) is 0. The van der Waals surface area contributed by atoms with Crippen LogP contribution in [0.2, 0.25) is 0 Å². The van der Waals surface area contributed by atoms with E-state index >= 15 is 0 Å². The topological polar surface area (TPSA) is 0 Å². The molecular formula is C8H8Cl2. The van der Waals surface area contributed by atoms with Gasteiger partial charge in [-0.3, -0.25) is 0 Å². The van der Waals surface area contributed by atoms with Crippen molar-refractivity contribution in [2.75, 3.05) is 0 Å². The SMILES string of the molecule is [2H]C(Cl)c1ccc(C([2H])Cl)cc1. The highest BCUT2D eigenvalue weighted by atomic mass is 35.5. The van der Waals surface area contributed by atoms with Crippen molar-refractivity contribution in [2.24, 2.45) is 0 Å². The van der Waals surface area contributed by atoms with Crippen molar-refractivity contribution in [3.8, 4) is 0 Å². The molecule has 54 valence electrons. The molecule has 0 N–H and O–H groups in total. The Labute approximate surface area is 73.6 Å². The van der Waals surface area contributed by atoms with Crippen LogP contribution in [0.3, 0.4) is 0 Å². The third-order valence-corrected chi connectivity index (χ3v) is 1.69. The van der Waals surface area contributed by atoms with Crippen LogP contribution >= 0.6 is 23.2 Å². The Kier molecular flexibility index (Phi) is 2.10. The minimum Gasteiger partial charge on any atom is -0.122 e. The van der Waals surface area contributed by atoms with E-state index in [4.69, 9.17) is 25.9 Å². The third kappa shape index (κ3) is 1.89. The molecule has 0 heterocycles. The maximum Gasteiger partial charge on any atom is 0.0486 e. The van der Waals surface area contributed by atoms with Crippen LogP contribution in [-0.2, 0) is 11.7 Å². The summed E-state index contributed by atoms with van der Waals surface area (Å²) in [5.41, 5.74) is 1.44. The van der Waals surface area contributed by atoms with E-state index in [2.05, 4.69) is 0 Å². The zero-order chi connectivity index (χ0) is 9.14. The van der Waals surface area contributed by atoms with Crippen molar-refractivity contribution in [1.82, 2.24) is 0 Å². The summed E-state index contributed by atoms with van der Waals surface area (Å²) in [5, 5.41) is 0. The highest BCUT2D eigenvalue weighted by Crippen LogP contribution is 2.08. The summed E-state index contributed by atoms with van der Waals surface area (Å²) in [7, 11) is 0. The molecule has 0 bridgehead atoms. The van der Waals surface area contributed by atoms with Gasteiger partial charge < -0.3 is 0 Å². The minimum atomic E-state index is -0.737. The smallest absolute Gasteiger partial charge is 0.0486 e. The first-order chi connectivity index (χ1) is 5.61. The van der Waals surface area contributed by atoms with Gasteiger partial charge in [-0.2, -0.15) is 0 Å². The second-order valence-electron chi connectivity index (χ2n) is 1.88. The predicted octanol–water partition coefficient (Wildman–Crippen LogP) is 3.16. The van der Waals surface area contributed by atoms with Gasteiger partial charge in [0.05, 0.1) is 0 Å². The Balaban J connectivity index is 2.86. The summed E-state index contributed by atoms with van der Waals surface area (Å²) >= 11 is 11.0. The number of hydrogen-bond acceptors (Lipinski definition) is 0. The van der Waals surface area contributed by atoms with Gasteiger partial charge in [0.15, 0.2) is 0 Å². The summed E-state index contributed by atoms with van der Waals surface area (Å²) in [5.74, 6) is -1.47. The van der Waals surface area contributed by atoms with Gasteiger partial charge in [-0.1, -0.05) is 24.3 Å². The number of halogens is 2. The zero-order valence-corrected chi connectivity index (χ0v) is 6.73. The van der Waals surface area contributed by atoms with E-state index in [1.54, 1.807) is 24.3 Å². The Morgan fingerprint density at radius 3 is 1.50 bits per heavy atom. The third-order valence-electron chi connectivity index (χ3n) is 1.19. The predicted molar refractivity (Wildman–Crippen MR) is 45.6 cm³/mol. The van der Waals surface area contributed by atoms with Crippen LogP contribution < -0.4 is 0 Å². The van der Waals surface area contributed by atoms with Gasteiger partial charge in [-0.15, -0.1) is 23.2 Å². The molecule has 1 rings (SSSR count). The van der Waals surface area contributed by atoms with E-state index in [9.17, 15) is 0 Å². The van der Waals surface area contributed by atoms with E-state index in [0.29, 0.717) is 0 Å². The van der Waals surface area contributed by atoms with Crippen LogP contribution in [0.5, 0.6) is 0 Å². The summed E-state index contributed by atoms with van der Waals surface area (Å²) < 4.78 is 14.4. The molecule has 2 unspecified atom stereocenters. The van der Waals surface area contributed by atoms with Gasteiger partial charge in [0.25, 0.3) is 0 Å². The molecule has 0 saturated heterocycles. The van der Waals surface area contributed by atoms with E-state index in [1.165, 1.54) is 0 Å². The number of alkyl halides is 2. The molecule has 0 saturated carbocycles. The molecule has 1 aromatic rings. The van der Waals surface area contributed by atoms with Crippen molar-refractivity contribution < 1.29 is 2.74 Å². The van der Waals surface area contributed by atoms with E-state index < -0.39 is 11.7 Å². The van der Waals surface area contributed by atoms with Crippen LogP contribution in [0.25, 0.3) is 0 Å². The standard InChI is InChI=1S/C8H8Cl2/c9-5-7-1-2-8(6-10)4-3-7/h1-4H,5-6H2/i5D,6D. The van der Waals surface area contributed by atoms with Gasteiger partial charge in [-0.25, -0.2) is 0 Å². The van der Waals surface area contributed by atoms with Crippen LogP contribution in [0.4, 0.5) is 0 Å².